The van der Waals surface area contributed by atoms with Gasteiger partial charge in [0.25, 0.3) is 0 Å². The van der Waals surface area contributed by atoms with Crippen LogP contribution < -0.4 is 0 Å². The maximum Gasteiger partial charge on any atom is 0.218 e. The van der Waals surface area contributed by atoms with Gasteiger partial charge in [-0.2, -0.15) is 4.31 Å². The van der Waals surface area contributed by atoms with E-state index in [9.17, 15) is 13.2 Å². The van der Waals surface area contributed by atoms with E-state index in [1.54, 1.807) is 24.3 Å². The number of sulfonamides is 1. The highest BCUT2D eigenvalue weighted by atomic mass is 35.5. The van der Waals surface area contributed by atoms with Crippen LogP contribution in [0, 0.1) is 13.8 Å². The molecule has 6 nitrogen and oxygen atoms in total. The Morgan fingerprint density at radius 1 is 1.06 bits per heavy atom. The smallest absolute Gasteiger partial charge is 0.218 e. The molecular weight excluding hydrogens is 434 g/mol. The van der Waals surface area contributed by atoms with Crippen molar-refractivity contribution in [3.05, 3.63) is 57.9 Å². The molecule has 170 valence electrons. The fourth-order valence-electron chi connectivity index (χ4n) is 4.43. The van der Waals surface area contributed by atoms with E-state index in [0.717, 1.165) is 17.0 Å². The van der Waals surface area contributed by atoms with E-state index in [1.807, 2.05) is 24.8 Å². The number of benzene rings is 1. The zero-order valence-corrected chi connectivity index (χ0v) is 20.6. The van der Waals surface area contributed by atoms with Crippen LogP contribution in [0.2, 0.25) is 5.02 Å². The third-order valence-electron chi connectivity index (χ3n) is 5.79. The van der Waals surface area contributed by atoms with E-state index >= 15 is 0 Å². The van der Waals surface area contributed by atoms with E-state index in [4.69, 9.17) is 11.6 Å². The van der Waals surface area contributed by atoms with Gasteiger partial charge in [-0.15, -0.1) is 0 Å². The van der Waals surface area contributed by atoms with Crippen molar-refractivity contribution in [3.8, 4) is 0 Å². The Hall–Kier alpha value is -1.67. The fourth-order valence-corrected chi connectivity index (χ4v) is 6.26. The van der Waals surface area contributed by atoms with Gasteiger partial charge >= 0.3 is 0 Å². The van der Waals surface area contributed by atoms with Crippen molar-refractivity contribution in [2.75, 3.05) is 32.7 Å². The summed E-state index contributed by atoms with van der Waals surface area (Å²) in [5.41, 5.74) is 3.32. The molecule has 0 amide bonds. The predicted molar refractivity (Wildman–Crippen MR) is 125 cm³/mol. The van der Waals surface area contributed by atoms with Crippen molar-refractivity contribution in [1.82, 2.24) is 13.8 Å². The van der Waals surface area contributed by atoms with Crippen LogP contribution in [0.25, 0.3) is 0 Å². The monoisotopic (exact) mass is 465 g/mol. The number of Topliss-reactive ketones (excluding diaryl/α,β-unsaturated/α-hetero) is 1. The minimum atomic E-state index is -3.45. The first kappa shape index (κ1) is 24.0. The van der Waals surface area contributed by atoms with Gasteiger partial charge in [-0.1, -0.05) is 29.8 Å². The van der Waals surface area contributed by atoms with Crippen LogP contribution in [0.3, 0.4) is 0 Å². The van der Waals surface area contributed by atoms with Gasteiger partial charge in [-0.25, -0.2) is 8.42 Å². The van der Waals surface area contributed by atoms with Crippen molar-refractivity contribution in [1.29, 1.82) is 0 Å². The molecule has 1 saturated heterocycles. The van der Waals surface area contributed by atoms with Gasteiger partial charge in [0, 0.05) is 53.7 Å². The van der Waals surface area contributed by atoms with Gasteiger partial charge < -0.3 is 4.57 Å². The molecule has 1 aromatic heterocycles. The average molecular weight is 466 g/mol. The molecule has 1 aromatic carbocycles. The normalized spacial score (nSPS) is 16.6. The lowest BCUT2D eigenvalue weighted by Crippen LogP contribution is -2.50. The number of carbonyl (C=O) groups is 1. The van der Waals surface area contributed by atoms with E-state index in [0.29, 0.717) is 43.3 Å². The van der Waals surface area contributed by atoms with Crippen LogP contribution in [0.5, 0.6) is 0 Å². The summed E-state index contributed by atoms with van der Waals surface area (Å²) in [4.78, 5) is 15.0. The molecule has 0 atom stereocenters. The molecule has 0 bridgehead atoms. The van der Waals surface area contributed by atoms with Gasteiger partial charge in [0.1, 0.15) is 0 Å². The van der Waals surface area contributed by atoms with Crippen LogP contribution >= 0.6 is 11.6 Å². The topological polar surface area (TPSA) is 62.6 Å². The molecule has 0 aliphatic carbocycles. The van der Waals surface area contributed by atoms with E-state index in [-0.39, 0.29) is 17.1 Å². The highest BCUT2D eigenvalue weighted by Gasteiger charge is 2.29. The summed E-state index contributed by atoms with van der Waals surface area (Å²) in [7, 11) is -3.45. The highest BCUT2D eigenvalue weighted by molar-refractivity contribution is 7.88. The van der Waals surface area contributed by atoms with Gasteiger partial charge in [0.05, 0.1) is 12.3 Å². The zero-order valence-electron chi connectivity index (χ0n) is 19.0. The second-order valence-corrected chi connectivity index (χ2v) is 11.6. The first-order valence-corrected chi connectivity index (χ1v) is 12.5. The van der Waals surface area contributed by atoms with E-state index in [2.05, 4.69) is 25.3 Å². The fraction of sp³-hybridized carbons (Fsp3) is 0.522. The summed E-state index contributed by atoms with van der Waals surface area (Å²) in [6.07, 6.45) is 0. The number of nitrogens with zero attached hydrogens (tertiary/aromatic N) is 3. The largest absolute Gasteiger partial charge is 0.343 e. The summed E-state index contributed by atoms with van der Waals surface area (Å²) in [5, 5.41) is 0.461. The first-order valence-electron chi connectivity index (χ1n) is 10.6. The van der Waals surface area contributed by atoms with E-state index in [1.165, 1.54) is 4.31 Å². The van der Waals surface area contributed by atoms with Crippen LogP contribution in [-0.4, -0.2) is 60.7 Å². The molecule has 1 fully saturated rings. The quantitative estimate of drug-likeness (QED) is 0.608. The lowest BCUT2D eigenvalue weighted by Gasteiger charge is -2.33. The average Bonchev–Trinajstić information content (AvgIpc) is 2.98. The Morgan fingerprint density at radius 2 is 1.68 bits per heavy atom. The number of rotatable bonds is 6. The van der Waals surface area contributed by atoms with Crippen LogP contribution in [-0.2, 0) is 21.3 Å². The van der Waals surface area contributed by atoms with Gasteiger partial charge in [0.2, 0.25) is 10.0 Å². The van der Waals surface area contributed by atoms with Crippen LogP contribution in [0.4, 0.5) is 0 Å². The molecule has 3 rings (SSSR count). The van der Waals surface area contributed by atoms with Crippen molar-refractivity contribution < 1.29 is 13.2 Å². The maximum atomic E-state index is 13.0. The van der Waals surface area contributed by atoms with Gasteiger partial charge in [0.15, 0.2) is 5.78 Å². The summed E-state index contributed by atoms with van der Waals surface area (Å²) >= 11 is 6.13. The number of hydrogen-bond donors (Lipinski definition) is 0. The Kier molecular flexibility index (Phi) is 7.01. The minimum absolute atomic E-state index is 0.0796. The number of piperazine rings is 1. The number of hydrogen-bond acceptors (Lipinski definition) is 4. The van der Waals surface area contributed by atoms with Crippen molar-refractivity contribution in [2.45, 2.75) is 45.9 Å². The number of ketones is 1. The maximum absolute atomic E-state index is 13.0. The lowest BCUT2D eigenvalue weighted by atomic mass is 10.1. The molecule has 0 saturated carbocycles. The third-order valence-corrected chi connectivity index (χ3v) is 7.99. The van der Waals surface area contributed by atoms with Crippen molar-refractivity contribution in [3.63, 3.8) is 0 Å². The molecule has 0 N–H and O–H groups in total. The third kappa shape index (κ3) is 5.40. The molecule has 31 heavy (non-hydrogen) atoms. The van der Waals surface area contributed by atoms with Gasteiger partial charge in [-0.3, -0.25) is 9.69 Å². The summed E-state index contributed by atoms with van der Waals surface area (Å²) in [6, 6.07) is 8.98. The van der Waals surface area contributed by atoms with Gasteiger partial charge in [-0.05, 0) is 52.3 Å². The Labute approximate surface area is 190 Å². The molecule has 2 aromatic rings. The number of carbonyl (C=O) groups excluding carboxylic acids is 1. The Balaban J connectivity index is 1.62. The summed E-state index contributed by atoms with van der Waals surface area (Å²) in [6.45, 7) is 12.5. The Bertz CT molecular complexity index is 1060. The molecule has 0 radical (unpaired) electrons. The molecular formula is C23H32ClN3O3S. The van der Waals surface area contributed by atoms with Crippen LogP contribution in [0.15, 0.2) is 30.3 Å². The molecule has 8 heteroatoms. The molecule has 1 aliphatic rings. The standard InChI is InChI=1S/C23H32ClN3O3S/c1-17-14-20(18(2)27(17)23(3,4)5)22(28)15-25-10-12-26(13-11-25)31(29,30)16-19-8-6-7-9-21(19)24/h6-9,14H,10-13,15-16H2,1-5H3. The second kappa shape index (κ2) is 9.06. The SMILES string of the molecule is Cc1cc(C(=O)CN2CCN(S(=O)(=O)Cc3ccccc3Cl)CC2)c(C)n1C(C)(C)C. The molecule has 1 aliphatic heterocycles. The van der Waals surface area contributed by atoms with Crippen molar-refractivity contribution >= 4 is 27.4 Å². The molecule has 2 heterocycles. The van der Waals surface area contributed by atoms with E-state index < -0.39 is 10.0 Å². The highest BCUT2D eigenvalue weighted by Crippen LogP contribution is 2.25. The molecule has 0 unspecified atom stereocenters. The zero-order chi connectivity index (χ0) is 23.0. The second-order valence-electron chi connectivity index (χ2n) is 9.24. The lowest BCUT2D eigenvalue weighted by molar-refractivity contribution is 0.0901. The minimum Gasteiger partial charge on any atom is -0.343 e. The summed E-state index contributed by atoms with van der Waals surface area (Å²) in [5.74, 6) is -0.0271. The predicted octanol–water partition coefficient (Wildman–Crippen LogP) is 3.84. The molecule has 0 spiro atoms. The van der Waals surface area contributed by atoms with Crippen LogP contribution in [0.1, 0.15) is 48.1 Å². The number of halogens is 1. The number of aromatic nitrogens is 1. The first-order chi connectivity index (χ1) is 14.4. The number of aryl methyl sites for hydroxylation is 1. The Morgan fingerprint density at radius 3 is 2.23 bits per heavy atom. The summed E-state index contributed by atoms with van der Waals surface area (Å²) < 4.78 is 29.3. The van der Waals surface area contributed by atoms with Crippen molar-refractivity contribution in [2.24, 2.45) is 0 Å².